The fourth-order valence-corrected chi connectivity index (χ4v) is 1.21. The third-order valence-electron chi connectivity index (χ3n) is 2.04. The van der Waals surface area contributed by atoms with Gasteiger partial charge in [0, 0.05) is 6.04 Å². The van der Waals surface area contributed by atoms with E-state index in [2.05, 4.69) is 24.8 Å². The highest BCUT2D eigenvalue weighted by atomic mass is 14.6. The van der Waals surface area contributed by atoms with Crippen LogP contribution < -0.4 is 5.73 Å². The van der Waals surface area contributed by atoms with Crippen LogP contribution in [-0.4, -0.2) is 6.04 Å². The largest absolute Gasteiger partial charge is 0.324 e. The Hall–Kier alpha value is -1.34. The smallest absolute Gasteiger partial charge is 0.0229 e. The van der Waals surface area contributed by atoms with Gasteiger partial charge >= 0.3 is 0 Å². The Morgan fingerprint density at radius 2 is 2.00 bits per heavy atom. The zero-order valence-electron chi connectivity index (χ0n) is 8.39. The summed E-state index contributed by atoms with van der Waals surface area (Å²) in [6.07, 6.45) is 7.94. The van der Waals surface area contributed by atoms with Gasteiger partial charge in [-0.3, -0.25) is 0 Å². The maximum absolute atomic E-state index is 5.87. The van der Waals surface area contributed by atoms with Gasteiger partial charge in [0.2, 0.25) is 0 Å². The maximum atomic E-state index is 5.87. The lowest BCUT2D eigenvalue weighted by Crippen LogP contribution is -2.15. The molecule has 2 N–H and O–H groups in total. The third kappa shape index (κ3) is 4.06. The lowest BCUT2D eigenvalue weighted by Gasteiger charge is -2.02. The van der Waals surface area contributed by atoms with Crippen molar-refractivity contribution in [1.82, 2.24) is 0 Å². The molecular weight excluding hydrogens is 170 g/mol. The molecule has 0 fully saturated rings. The monoisotopic (exact) mass is 187 g/mol. The fraction of sp³-hybridized carbons (Fsp3) is 0.231. The van der Waals surface area contributed by atoms with Crippen molar-refractivity contribution >= 4 is 6.08 Å². The van der Waals surface area contributed by atoms with Gasteiger partial charge in [0.05, 0.1) is 0 Å². The molecule has 1 aromatic rings. The number of allylic oxidation sites excluding steroid dienone is 1. The Kier molecular flexibility index (Phi) is 4.73. The molecular formula is C13H17N. The predicted molar refractivity (Wildman–Crippen MR) is 62.9 cm³/mol. The van der Waals surface area contributed by atoms with Crippen molar-refractivity contribution in [3.63, 3.8) is 0 Å². The topological polar surface area (TPSA) is 26.0 Å². The average molecular weight is 187 g/mol. The van der Waals surface area contributed by atoms with Gasteiger partial charge < -0.3 is 5.73 Å². The van der Waals surface area contributed by atoms with Crippen LogP contribution in [0.25, 0.3) is 6.08 Å². The van der Waals surface area contributed by atoms with E-state index in [1.165, 1.54) is 5.56 Å². The molecule has 14 heavy (non-hydrogen) atoms. The third-order valence-corrected chi connectivity index (χ3v) is 2.04. The molecule has 1 rings (SSSR count). The zero-order valence-corrected chi connectivity index (χ0v) is 8.39. The van der Waals surface area contributed by atoms with E-state index in [-0.39, 0.29) is 6.04 Å². The molecule has 0 bridgehead atoms. The maximum Gasteiger partial charge on any atom is 0.0229 e. The summed E-state index contributed by atoms with van der Waals surface area (Å²) in [5.74, 6) is 0. The zero-order chi connectivity index (χ0) is 10.2. The molecule has 1 atom stereocenters. The van der Waals surface area contributed by atoms with E-state index >= 15 is 0 Å². The van der Waals surface area contributed by atoms with Gasteiger partial charge in [0.1, 0.15) is 0 Å². The van der Waals surface area contributed by atoms with E-state index in [9.17, 15) is 0 Å². The second-order valence-corrected chi connectivity index (χ2v) is 3.30. The molecule has 0 radical (unpaired) electrons. The lowest BCUT2D eigenvalue weighted by atomic mass is 10.1. The van der Waals surface area contributed by atoms with E-state index in [1.54, 1.807) is 0 Å². The van der Waals surface area contributed by atoms with Crippen LogP contribution in [0.1, 0.15) is 18.4 Å². The van der Waals surface area contributed by atoms with Crippen LogP contribution in [-0.2, 0) is 0 Å². The van der Waals surface area contributed by atoms with Crippen molar-refractivity contribution < 1.29 is 0 Å². The van der Waals surface area contributed by atoms with E-state index in [0.717, 1.165) is 12.8 Å². The minimum atomic E-state index is 0.133. The Balaban J connectivity index is 2.43. The highest BCUT2D eigenvalue weighted by molar-refractivity contribution is 5.49. The standard InChI is InChI=1S/C13H17N/c1-2-3-9-13(14)11-10-12-7-5-4-6-8-12/h2,4-8,10-11,13H,1,3,9,14H2/b11-10+. The molecule has 0 aliphatic carbocycles. The summed E-state index contributed by atoms with van der Waals surface area (Å²) in [5, 5.41) is 0. The number of nitrogens with two attached hydrogens (primary N) is 1. The van der Waals surface area contributed by atoms with Gasteiger partial charge in [-0.1, -0.05) is 48.6 Å². The van der Waals surface area contributed by atoms with Crippen molar-refractivity contribution in [2.45, 2.75) is 18.9 Å². The molecule has 0 heterocycles. The van der Waals surface area contributed by atoms with Crippen LogP contribution >= 0.6 is 0 Å². The van der Waals surface area contributed by atoms with Crippen molar-refractivity contribution in [2.24, 2.45) is 5.73 Å². The quantitative estimate of drug-likeness (QED) is 0.704. The number of hydrogen-bond donors (Lipinski definition) is 1. The van der Waals surface area contributed by atoms with Crippen molar-refractivity contribution in [3.8, 4) is 0 Å². The Labute approximate surface area is 85.9 Å². The average Bonchev–Trinajstić information content (AvgIpc) is 2.25. The van der Waals surface area contributed by atoms with Crippen LogP contribution in [0.4, 0.5) is 0 Å². The predicted octanol–water partition coefficient (Wildman–Crippen LogP) is 2.99. The van der Waals surface area contributed by atoms with Crippen molar-refractivity contribution in [3.05, 3.63) is 54.6 Å². The first-order valence-electron chi connectivity index (χ1n) is 4.92. The highest BCUT2D eigenvalue weighted by Gasteiger charge is 1.94. The van der Waals surface area contributed by atoms with E-state index < -0.39 is 0 Å². The van der Waals surface area contributed by atoms with E-state index in [0.29, 0.717) is 0 Å². The molecule has 0 spiro atoms. The minimum Gasteiger partial charge on any atom is -0.324 e. The summed E-state index contributed by atoms with van der Waals surface area (Å²) >= 11 is 0. The molecule has 1 aromatic carbocycles. The van der Waals surface area contributed by atoms with Gasteiger partial charge in [-0.15, -0.1) is 6.58 Å². The molecule has 74 valence electrons. The molecule has 0 aliphatic rings. The molecule has 0 aliphatic heterocycles. The summed E-state index contributed by atoms with van der Waals surface area (Å²) in [4.78, 5) is 0. The molecule has 1 heteroatoms. The summed E-state index contributed by atoms with van der Waals surface area (Å²) in [7, 11) is 0. The van der Waals surface area contributed by atoms with Crippen LogP contribution in [0.15, 0.2) is 49.1 Å². The summed E-state index contributed by atoms with van der Waals surface area (Å²) in [6.45, 7) is 3.67. The van der Waals surface area contributed by atoms with Gasteiger partial charge in [-0.25, -0.2) is 0 Å². The molecule has 1 unspecified atom stereocenters. The van der Waals surface area contributed by atoms with E-state index in [1.807, 2.05) is 30.4 Å². The van der Waals surface area contributed by atoms with Crippen molar-refractivity contribution in [2.75, 3.05) is 0 Å². The van der Waals surface area contributed by atoms with Gasteiger partial charge in [0.15, 0.2) is 0 Å². The molecule has 0 aromatic heterocycles. The van der Waals surface area contributed by atoms with Crippen LogP contribution in [0, 0.1) is 0 Å². The number of rotatable bonds is 5. The number of hydrogen-bond acceptors (Lipinski definition) is 1. The normalized spacial score (nSPS) is 12.9. The first-order valence-corrected chi connectivity index (χ1v) is 4.92. The molecule has 0 saturated heterocycles. The molecule has 1 nitrogen and oxygen atoms in total. The van der Waals surface area contributed by atoms with Gasteiger partial charge in [0.25, 0.3) is 0 Å². The first-order chi connectivity index (χ1) is 6.83. The summed E-state index contributed by atoms with van der Waals surface area (Å²) < 4.78 is 0. The lowest BCUT2D eigenvalue weighted by molar-refractivity contribution is 0.737. The summed E-state index contributed by atoms with van der Waals surface area (Å²) in [5.41, 5.74) is 7.07. The van der Waals surface area contributed by atoms with E-state index in [4.69, 9.17) is 5.73 Å². The second-order valence-electron chi connectivity index (χ2n) is 3.30. The minimum absolute atomic E-state index is 0.133. The Morgan fingerprint density at radius 1 is 1.29 bits per heavy atom. The fourth-order valence-electron chi connectivity index (χ4n) is 1.21. The summed E-state index contributed by atoms with van der Waals surface area (Å²) in [6, 6.07) is 10.3. The first kappa shape index (κ1) is 10.7. The molecule has 0 saturated carbocycles. The SMILES string of the molecule is C=CCCC(N)/C=C/c1ccccc1. The van der Waals surface area contributed by atoms with Gasteiger partial charge in [-0.05, 0) is 18.4 Å². The van der Waals surface area contributed by atoms with Gasteiger partial charge in [-0.2, -0.15) is 0 Å². The number of benzene rings is 1. The Bertz CT molecular complexity index is 287. The Morgan fingerprint density at radius 3 is 2.64 bits per heavy atom. The second kappa shape index (κ2) is 6.17. The molecule has 0 amide bonds. The highest BCUT2D eigenvalue weighted by Crippen LogP contribution is 2.03. The van der Waals surface area contributed by atoms with Crippen molar-refractivity contribution in [1.29, 1.82) is 0 Å². The van der Waals surface area contributed by atoms with Crippen LogP contribution in [0.3, 0.4) is 0 Å². The van der Waals surface area contributed by atoms with Crippen LogP contribution in [0.5, 0.6) is 0 Å². The van der Waals surface area contributed by atoms with Crippen LogP contribution in [0.2, 0.25) is 0 Å².